The highest BCUT2D eigenvalue weighted by atomic mass is 16.6. The Kier molecular flexibility index (Phi) is 6.40. The van der Waals surface area contributed by atoms with Gasteiger partial charge < -0.3 is 14.8 Å². The lowest BCUT2D eigenvalue weighted by molar-refractivity contribution is -0.118. The number of carbonyl (C=O) groups is 1. The van der Waals surface area contributed by atoms with Gasteiger partial charge >= 0.3 is 0 Å². The fourth-order valence-electron chi connectivity index (χ4n) is 2.79. The normalized spacial score (nSPS) is 11.4. The average Bonchev–Trinajstić information content (AvgIpc) is 3.14. The maximum absolute atomic E-state index is 12.3. The van der Waals surface area contributed by atoms with E-state index in [4.69, 9.17) is 14.1 Å². The van der Waals surface area contributed by atoms with Crippen LogP contribution in [-0.4, -0.2) is 28.9 Å². The van der Waals surface area contributed by atoms with Gasteiger partial charge in [0.15, 0.2) is 12.3 Å². The zero-order valence-electron chi connectivity index (χ0n) is 17.9. The zero-order chi connectivity index (χ0) is 21.7. The Morgan fingerprint density at radius 2 is 1.63 bits per heavy atom. The van der Waals surface area contributed by atoms with Crippen LogP contribution in [0.4, 0.5) is 5.82 Å². The first kappa shape index (κ1) is 21.4. The number of benzene rings is 2. The van der Waals surface area contributed by atoms with Crippen molar-refractivity contribution in [3.8, 4) is 22.8 Å². The summed E-state index contributed by atoms with van der Waals surface area (Å²) in [4.78, 5) is 12.3. The summed E-state index contributed by atoms with van der Waals surface area (Å²) in [5.74, 6) is 1.26. The number of nitrogens with one attached hydrogen (secondary N) is 1. The third kappa shape index (κ3) is 5.59. The number of aromatic nitrogens is 2. The summed E-state index contributed by atoms with van der Waals surface area (Å²) >= 11 is 0. The van der Waals surface area contributed by atoms with Gasteiger partial charge in [-0.25, -0.2) is 4.63 Å². The van der Waals surface area contributed by atoms with Crippen LogP contribution in [0.15, 0.2) is 53.2 Å². The number of anilines is 1. The molecule has 0 bridgehead atoms. The highest BCUT2D eigenvalue weighted by Crippen LogP contribution is 2.27. The number of rotatable bonds is 7. The standard InChI is InChI=1S/C23H27N3O4/c1-15(2)29-19-10-6-16(7-11-19)21-22(26-30-25-21)24-20(27)14-28-18-12-8-17(9-13-18)23(3,4)5/h6-13,15H,14H2,1-5H3,(H,24,26,27). The maximum atomic E-state index is 12.3. The van der Waals surface area contributed by atoms with Gasteiger partial charge in [0, 0.05) is 5.56 Å². The minimum Gasteiger partial charge on any atom is -0.491 e. The third-order valence-corrected chi connectivity index (χ3v) is 4.34. The second kappa shape index (κ2) is 8.98. The number of ether oxygens (including phenoxy) is 2. The molecule has 3 rings (SSSR count). The van der Waals surface area contributed by atoms with E-state index in [1.165, 1.54) is 5.56 Å². The van der Waals surface area contributed by atoms with E-state index in [2.05, 4.69) is 36.4 Å². The van der Waals surface area contributed by atoms with Crippen LogP contribution < -0.4 is 14.8 Å². The molecular formula is C23H27N3O4. The Bertz CT molecular complexity index is 971. The molecule has 1 heterocycles. The lowest BCUT2D eigenvalue weighted by Gasteiger charge is -2.19. The summed E-state index contributed by atoms with van der Waals surface area (Å²) in [5, 5.41) is 10.4. The first-order valence-corrected chi connectivity index (χ1v) is 9.85. The molecule has 2 aromatic carbocycles. The van der Waals surface area contributed by atoms with Crippen molar-refractivity contribution in [2.75, 3.05) is 11.9 Å². The van der Waals surface area contributed by atoms with E-state index >= 15 is 0 Å². The molecule has 0 fully saturated rings. The molecule has 0 aliphatic carbocycles. The van der Waals surface area contributed by atoms with Gasteiger partial charge in [-0.15, -0.1) is 0 Å². The Hall–Kier alpha value is -3.35. The Balaban J connectivity index is 1.59. The summed E-state index contributed by atoms with van der Waals surface area (Å²) in [6, 6.07) is 15.1. The molecule has 30 heavy (non-hydrogen) atoms. The van der Waals surface area contributed by atoms with E-state index in [0.717, 1.165) is 11.3 Å². The van der Waals surface area contributed by atoms with Crippen LogP contribution in [0, 0.1) is 0 Å². The van der Waals surface area contributed by atoms with Gasteiger partial charge in [0.1, 0.15) is 11.5 Å². The Morgan fingerprint density at radius 3 is 2.23 bits per heavy atom. The van der Waals surface area contributed by atoms with Crippen LogP contribution >= 0.6 is 0 Å². The minimum atomic E-state index is -0.355. The topological polar surface area (TPSA) is 86.5 Å². The van der Waals surface area contributed by atoms with Gasteiger partial charge in [0.2, 0.25) is 5.82 Å². The molecule has 7 nitrogen and oxygen atoms in total. The fraction of sp³-hybridized carbons (Fsp3) is 0.348. The van der Waals surface area contributed by atoms with E-state index in [1.807, 2.05) is 62.4 Å². The molecule has 0 saturated carbocycles. The smallest absolute Gasteiger partial charge is 0.263 e. The molecule has 3 aromatic rings. The molecule has 1 N–H and O–H groups in total. The van der Waals surface area contributed by atoms with E-state index < -0.39 is 0 Å². The van der Waals surface area contributed by atoms with Gasteiger partial charge in [-0.3, -0.25) is 4.79 Å². The summed E-state index contributed by atoms with van der Waals surface area (Å²) in [6.07, 6.45) is 0.0871. The number of hydrogen-bond acceptors (Lipinski definition) is 6. The summed E-state index contributed by atoms with van der Waals surface area (Å²) in [5.41, 5.74) is 2.45. The lowest BCUT2D eigenvalue weighted by Crippen LogP contribution is -2.20. The molecule has 0 saturated heterocycles. The van der Waals surface area contributed by atoms with Crippen LogP contribution in [0.1, 0.15) is 40.2 Å². The minimum absolute atomic E-state index is 0.0609. The molecule has 158 valence electrons. The highest BCUT2D eigenvalue weighted by Gasteiger charge is 2.16. The van der Waals surface area contributed by atoms with Crippen molar-refractivity contribution in [1.82, 2.24) is 10.3 Å². The largest absolute Gasteiger partial charge is 0.491 e. The number of nitrogens with zero attached hydrogens (tertiary/aromatic N) is 2. The SMILES string of the molecule is CC(C)Oc1ccc(-c2nonc2NC(=O)COc2ccc(C(C)(C)C)cc2)cc1. The van der Waals surface area contributed by atoms with E-state index in [0.29, 0.717) is 11.4 Å². The molecule has 1 aromatic heterocycles. The van der Waals surface area contributed by atoms with Crippen molar-refractivity contribution >= 4 is 11.7 Å². The number of hydrogen-bond donors (Lipinski definition) is 1. The third-order valence-electron chi connectivity index (χ3n) is 4.34. The van der Waals surface area contributed by atoms with Crippen molar-refractivity contribution in [3.63, 3.8) is 0 Å². The molecule has 0 unspecified atom stereocenters. The average molecular weight is 409 g/mol. The van der Waals surface area contributed by atoms with Crippen LogP contribution in [0.2, 0.25) is 0 Å². The highest BCUT2D eigenvalue weighted by molar-refractivity contribution is 5.94. The van der Waals surface area contributed by atoms with Crippen LogP contribution in [-0.2, 0) is 10.2 Å². The molecule has 0 radical (unpaired) electrons. The van der Waals surface area contributed by atoms with Gasteiger partial charge in [-0.2, -0.15) is 0 Å². The lowest BCUT2D eigenvalue weighted by atomic mass is 9.87. The molecule has 0 spiro atoms. The molecular weight excluding hydrogens is 382 g/mol. The molecule has 0 atom stereocenters. The van der Waals surface area contributed by atoms with Crippen molar-refractivity contribution in [2.45, 2.75) is 46.1 Å². The second-order valence-corrected chi connectivity index (χ2v) is 8.26. The predicted molar refractivity (Wildman–Crippen MR) is 115 cm³/mol. The van der Waals surface area contributed by atoms with Gasteiger partial charge in [-0.05, 0) is 71.5 Å². The number of amides is 1. The van der Waals surface area contributed by atoms with Crippen molar-refractivity contribution in [1.29, 1.82) is 0 Å². The van der Waals surface area contributed by atoms with Gasteiger partial charge in [0.25, 0.3) is 5.91 Å². The number of carbonyl (C=O) groups excluding carboxylic acids is 1. The van der Waals surface area contributed by atoms with Crippen LogP contribution in [0.25, 0.3) is 11.3 Å². The Morgan fingerprint density at radius 1 is 1.00 bits per heavy atom. The first-order chi connectivity index (χ1) is 14.2. The second-order valence-electron chi connectivity index (χ2n) is 8.26. The maximum Gasteiger partial charge on any atom is 0.263 e. The van der Waals surface area contributed by atoms with Crippen molar-refractivity contribution in [3.05, 3.63) is 54.1 Å². The summed E-state index contributed by atoms with van der Waals surface area (Å²) < 4.78 is 16.0. The first-order valence-electron chi connectivity index (χ1n) is 9.85. The Labute approximate surface area is 176 Å². The molecule has 1 amide bonds. The summed E-state index contributed by atoms with van der Waals surface area (Å²) in [7, 11) is 0. The van der Waals surface area contributed by atoms with Crippen LogP contribution in [0.5, 0.6) is 11.5 Å². The molecule has 0 aliphatic rings. The molecule has 7 heteroatoms. The quantitative estimate of drug-likeness (QED) is 0.601. The van der Waals surface area contributed by atoms with E-state index in [1.54, 1.807) is 0 Å². The zero-order valence-corrected chi connectivity index (χ0v) is 17.9. The van der Waals surface area contributed by atoms with Gasteiger partial charge in [-0.1, -0.05) is 32.9 Å². The predicted octanol–water partition coefficient (Wildman–Crippen LogP) is 4.84. The van der Waals surface area contributed by atoms with Crippen LogP contribution in [0.3, 0.4) is 0 Å². The van der Waals surface area contributed by atoms with E-state index in [9.17, 15) is 4.79 Å². The van der Waals surface area contributed by atoms with Gasteiger partial charge in [0.05, 0.1) is 6.10 Å². The van der Waals surface area contributed by atoms with E-state index in [-0.39, 0.29) is 29.9 Å². The van der Waals surface area contributed by atoms with Crippen molar-refractivity contribution in [2.24, 2.45) is 0 Å². The summed E-state index contributed by atoms with van der Waals surface area (Å²) in [6.45, 7) is 10.2. The molecule has 0 aliphatic heterocycles. The monoisotopic (exact) mass is 409 g/mol. The van der Waals surface area contributed by atoms with Crippen molar-refractivity contribution < 1.29 is 18.9 Å². The fourth-order valence-corrected chi connectivity index (χ4v) is 2.79.